The molecule has 0 aliphatic carbocycles. The van der Waals surface area contributed by atoms with Gasteiger partial charge in [0, 0.05) is 39.3 Å². The fraction of sp³-hybridized carbons (Fsp3) is 1.00. The first-order valence-corrected chi connectivity index (χ1v) is 6.88. The Morgan fingerprint density at radius 2 is 2.06 bits per heavy atom. The molecule has 2 aliphatic rings. The normalized spacial score (nSPS) is 32.5. The number of β-amino-alcohol motifs (C(OH)–C–C–N with tert-alkyl or cyclic N) is 1. The first-order chi connectivity index (χ1) is 8.13. The van der Waals surface area contributed by atoms with Crippen LogP contribution in [-0.4, -0.2) is 73.0 Å². The van der Waals surface area contributed by atoms with Crippen molar-refractivity contribution in [3.05, 3.63) is 0 Å². The van der Waals surface area contributed by atoms with E-state index in [2.05, 4.69) is 23.6 Å². The molecule has 1 unspecified atom stereocenters. The minimum atomic E-state index is -0.120. The lowest BCUT2D eigenvalue weighted by atomic mass is 10.2. The van der Waals surface area contributed by atoms with E-state index >= 15 is 0 Å². The number of rotatable bonds is 4. The molecule has 4 nitrogen and oxygen atoms in total. The lowest BCUT2D eigenvalue weighted by Crippen LogP contribution is -2.48. The third-order valence-electron chi connectivity index (χ3n) is 3.56. The molecule has 2 heterocycles. The highest BCUT2D eigenvalue weighted by atomic mass is 16.5. The minimum absolute atomic E-state index is 0.120. The molecule has 17 heavy (non-hydrogen) atoms. The van der Waals surface area contributed by atoms with Crippen LogP contribution >= 0.6 is 0 Å². The van der Waals surface area contributed by atoms with E-state index in [0.717, 1.165) is 51.7 Å². The minimum Gasteiger partial charge on any atom is -0.392 e. The van der Waals surface area contributed by atoms with Crippen molar-refractivity contribution in [2.45, 2.75) is 32.5 Å². The van der Waals surface area contributed by atoms with Crippen molar-refractivity contribution in [1.82, 2.24) is 9.80 Å². The first kappa shape index (κ1) is 13.3. The van der Waals surface area contributed by atoms with Crippen LogP contribution in [0.3, 0.4) is 0 Å². The van der Waals surface area contributed by atoms with Crippen LogP contribution in [-0.2, 0) is 4.74 Å². The number of nitrogens with zero attached hydrogens (tertiary/aromatic N) is 2. The van der Waals surface area contributed by atoms with E-state index in [1.54, 1.807) is 0 Å². The van der Waals surface area contributed by atoms with Gasteiger partial charge in [0.25, 0.3) is 0 Å². The average molecular weight is 242 g/mol. The van der Waals surface area contributed by atoms with E-state index in [1.807, 2.05) is 0 Å². The maximum atomic E-state index is 9.51. The van der Waals surface area contributed by atoms with Gasteiger partial charge in [-0.15, -0.1) is 0 Å². The second-order valence-corrected chi connectivity index (χ2v) is 5.85. The molecule has 2 atom stereocenters. The van der Waals surface area contributed by atoms with Crippen LogP contribution in [0.25, 0.3) is 0 Å². The van der Waals surface area contributed by atoms with Gasteiger partial charge in [-0.1, -0.05) is 13.8 Å². The van der Waals surface area contributed by atoms with Crippen molar-refractivity contribution in [2.75, 3.05) is 45.9 Å². The van der Waals surface area contributed by atoms with Gasteiger partial charge in [0.05, 0.1) is 18.8 Å². The average Bonchev–Trinajstić information content (AvgIpc) is 2.63. The number of ether oxygens (including phenoxy) is 1. The fourth-order valence-corrected chi connectivity index (χ4v) is 2.84. The van der Waals surface area contributed by atoms with Gasteiger partial charge in [0.2, 0.25) is 0 Å². The number of hydrogen-bond acceptors (Lipinski definition) is 4. The van der Waals surface area contributed by atoms with Gasteiger partial charge in [0.15, 0.2) is 0 Å². The third kappa shape index (κ3) is 4.21. The van der Waals surface area contributed by atoms with Gasteiger partial charge in [-0.25, -0.2) is 0 Å². The summed E-state index contributed by atoms with van der Waals surface area (Å²) in [5.41, 5.74) is 0. The molecule has 4 heteroatoms. The van der Waals surface area contributed by atoms with Gasteiger partial charge in [-0.2, -0.15) is 0 Å². The molecule has 0 radical (unpaired) electrons. The molecular weight excluding hydrogens is 216 g/mol. The Morgan fingerprint density at radius 1 is 1.24 bits per heavy atom. The summed E-state index contributed by atoms with van der Waals surface area (Å²) in [6.45, 7) is 11.5. The molecule has 0 aromatic heterocycles. The lowest BCUT2D eigenvalue weighted by molar-refractivity contribution is -0.0444. The monoisotopic (exact) mass is 242 g/mol. The van der Waals surface area contributed by atoms with Crippen LogP contribution in [0.1, 0.15) is 20.3 Å². The van der Waals surface area contributed by atoms with Gasteiger partial charge in [-0.3, -0.25) is 9.80 Å². The molecule has 0 aromatic rings. The van der Waals surface area contributed by atoms with E-state index in [0.29, 0.717) is 6.10 Å². The zero-order valence-electron chi connectivity index (χ0n) is 11.1. The Labute approximate surface area is 105 Å². The van der Waals surface area contributed by atoms with Crippen LogP contribution in [0.2, 0.25) is 0 Å². The topological polar surface area (TPSA) is 35.9 Å². The van der Waals surface area contributed by atoms with Crippen molar-refractivity contribution in [3.63, 3.8) is 0 Å². The van der Waals surface area contributed by atoms with Crippen molar-refractivity contribution >= 4 is 0 Å². The first-order valence-electron chi connectivity index (χ1n) is 6.88. The van der Waals surface area contributed by atoms with E-state index in [4.69, 9.17) is 4.74 Å². The Kier molecular flexibility index (Phi) is 4.79. The molecule has 0 saturated carbocycles. The SMILES string of the molecule is CC(C)CN1CCOC(CN2CC[C@@H](O)C2)C1. The highest BCUT2D eigenvalue weighted by Gasteiger charge is 2.26. The summed E-state index contributed by atoms with van der Waals surface area (Å²) in [5, 5.41) is 9.51. The Balaban J connectivity index is 1.73. The fourth-order valence-electron chi connectivity index (χ4n) is 2.84. The Morgan fingerprint density at radius 3 is 2.71 bits per heavy atom. The number of aliphatic hydroxyl groups excluding tert-OH is 1. The smallest absolute Gasteiger partial charge is 0.0829 e. The molecule has 0 bridgehead atoms. The van der Waals surface area contributed by atoms with Gasteiger partial charge in [0.1, 0.15) is 0 Å². The summed E-state index contributed by atoms with van der Waals surface area (Å²) in [6.07, 6.45) is 1.13. The van der Waals surface area contributed by atoms with Gasteiger partial charge >= 0.3 is 0 Å². The van der Waals surface area contributed by atoms with Gasteiger partial charge in [-0.05, 0) is 12.3 Å². The zero-order chi connectivity index (χ0) is 12.3. The molecule has 1 N–H and O–H groups in total. The number of hydrogen-bond donors (Lipinski definition) is 1. The van der Waals surface area contributed by atoms with Crippen molar-refractivity contribution in [3.8, 4) is 0 Å². The predicted octanol–water partition coefficient (Wildman–Crippen LogP) is 0.410. The summed E-state index contributed by atoms with van der Waals surface area (Å²) in [4.78, 5) is 4.83. The molecule has 0 aromatic carbocycles. The van der Waals surface area contributed by atoms with E-state index < -0.39 is 0 Å². The van der Waals surface area contributed by atoms with E-state index in [-0.39, 0.29) is 6.10 Å². The van der Waals surface area contributed by atoms with Crippen molar-refractivity contribution < 1.29 is 9.84 Å². The molecule has 2 saturated heterocycles. The van der Waals surface area contributed by atoms with E-state index in [1.165, 1.54) is 6.54 Å². The number of likely N-dealkylation sites (tertiary alicyclic amines) is 1. The van der Waals surface area contributed by atoms with Crippen LogP contribution < -0.4 is 0 Å². The molecule has 2 aliphatic heterocycles. The summed E-state index contributed by atoms with van der Waals surface area (Å²) < 4.78 is 5.82. The molecule has 0 spiro atoms. The quantitative estimate of drug-likeness (QED) is 0.774. The predicted molar refractivity (Wildman–Crippen MR) is 68.1 cm³/mol. The second kappa shape index (κ2) is 6.14. The lowest BCUT2D eigenvalue weighted by Gasteiger charge is -2.35. The zero-order valence-corrected chi connectivity index (χ0v) is 11.1. The Hall–Kier alpha value is -0.160. The van der Waals surface area contributed by atoms with Crippen LogP contribution in [0, 0.1) is 5.92 Å². The summed E-state index contributed by atoms with van der Waals surface area (Å²) >= 11 is 0. The highest BCUT2D eigenvalue weighted by Crippen LogP contribution is 2.13. The number of aliphatic hydroxyl groups is 1. The Bertz CT molecular complexity index is 235. The second-order valence-electron chi connectivity index (χ2n) is 5.85. The third-order valence-corrected chi connectivity index (χ3v) is 3.56. The van der Waals surface area contributed by atoms with Gasteiger partial charge < -0.3 is 9.84 Å². The van der Waals surface area contributed by atoms with Crippen LogP contribution in [0.15, 0.2) is 0 Å². The van der Waals surface area contributed by atoms with Crippen molar-refractivity contribution in [2.24, 2.45) is 5.92 Å². The maximum Gasteiger partial charge on any atom is 0.0829 e. The molecular formula is C13H26N2O2. The summed E-state index contributed by atoms with van der Waals surface area (Å²) in [7, 11) is 0. The highest BCUT2D eigenvalue weighted by molar-refractivity contribution is 4.80. The summed E-state index contributed by atoms with van der Waals surface area (Å²) in [5.74, 6) is 0.724. The molecule has 0 amide bonds. The largest absolute Gasteiger partial charge is 0.392 e. The van der Waals surface area contributed by atoms with Crippen LogP contribution in [0.4, 0.5) is 0 Å². The van der Waals surface area contributed by atoms with E-state index in [9.17, 15) is 5.11 Å². The molecule has 2 rings (SSSR count). The summed E-state index contributed by atoms with van der Waals surface area (Å²) in [6, 6.07) is 0. The van der Waals surface area contributed by atoms with Crippen LogP contribution in [0.5, 0.6) is 0 Å². The molecule has 2 fully saturated rings. The number of morpholine rings is 1. The maximum absolute atomic E-state index is 9.51. The molecule has 100 valence electrons. The standard InChI is InChI=1S/C13H26N2O2/c1-11(2)7-15-5-6-17-13(10-15)9-14-4-3-12(16)8-14/h11-13,16H,3-10H2,1-2H3/t12-,13?/m1/s1. The van der Waals surface area contributed by atoms with Crippen molar-refractivity contribution in [1.29, 1.82) is 0 Å².